The zero-order valence-electron chi connectivity index (χ0n) is 7.85. The first-order valence-electron chi connectivity index (χ1n) is 4.89. The van der Waals surface area contributed by atoms with Crippen LogP contribution < -0.4 is 5.73 Å². The maximum Gasteiger partial charge on any atom is 0.110 e. The summed E-state index contributed by atoms with van der Waals surface area (Å²) in [6, 6.07) is 2.21. The van der Waals surface area contributed by atoms with Crippen LogP contribution in [0.4, 0.5) is 0 Å². The fourth-order valence-electron chi connectivity index (χ4n) is 2.05. The molecule has 1 aliphatic heterocycles. The highest BCUT2D eigenvalue weighted by atomic mass is 15.1. The molecule has 3 heterocycles. The normalized spacial score (nSPS) is 21.1. The average molecular weight is 188 g/mol. The third-order valence-corrected chi connectivity index (χ3v) is 2.79. The van der Waals surface area contributed by atoms with Gasteiger partial charge in [0.25, 0.3) is 0 Å². The molecule has 4 nitrogen and oxygen atoms in total. The van der Waals surface area contributed by atoms with E-state index >= 15 is 0 Å². The van der Waals surface area contributed by atoms with Crippen LogP contribution in [0.25, 0.3) is 11.0 Å². The Balaban J connectivity index is 2.25. The number of imidazole rings is 1. The number of fused-ring (bicyclic) bond motifs is 3. The molecular formula is C10H12N4. The summed E-state index contributed by atoms with van der Waals surface area (Å²) >= 11 is 0. The largest absolute Gasteiger partial charge is 0.326 e. The van der Waals surface area contributed by atoms with E-state index < -0.39 is 0 Å². The number of pyridine rings is 1. The second-order valence-electron chi connectivity index (χ2n) is 3.80. The molecule has 0 radical (unpaired) electrons. The molecule has 2 aromatic heterocycles. The first-order valence-corrected chi connectivity index (χ1v) is 4.89. The Morgan fingerprint density at radius 1 is 1.50 bits per heavy atom. The number of aryl methyl sites for hydroxylation is 1. The van der Waals surface area contributed by atoms with E-state index in [-0.39, 0.29) is 6.04 Å². The van der Waals surface area contributed by atoms with Gasteiger partial charge in [0, 0.05) is 25.2 Å². The summed E-state index contributed by atoms with van der Waals surface area (Å²) in [7, 11) is 0. The lowest BCUT2D eigenvalue weighted by atomic mass is 10.1. The molecule has 0 amide bonds. The lowest BCUT2D eigenvalue weighted by Gasteiger charge is -2.20. The van der Waals surface area contributed by atoms with Gasteiger partial charge in [-0.05, 0) is 12.5 Å². The third kappa shape index (κ3) is 1.04. The molecule has 0 unspecified atom stereocenters. The van der Waals surface area contributed by atoms with E-state index in [1.165, 1.54) is 0 Å². The Kier molecular flexibility index (Phi) is 1.58. The highest BCUT2D eigenvalue weighted by Crippen LogP contribution is 2.20. The fraction of sp³-hybridized carbons (Fsp3) is 0.400. The molecule has 14 heavy (non-hydrogen) atoms. The Bertz CT molecular complexity index is 474. The second kappa shape index (κ2) is 2.78. The number of hydrogen-bond acceptors (Lipinski definition) is 3. The molecule has 1 atom stereocenters. The summed E-state index contributed by atoms with van der Waals surface area (Å²) in [5.41, 5.74) is 8.07. The Morgan fingerprint density at radius 2 is 2.43 bits per heavy atom. The lowest BCUT2D eigenvalue weighted by Crippen LogP contribution is -2.31. The van der Waals surface area contributed by atoms with E-state index in [2.05, 4.69) is 14.5 Å². The van der Waals surface area contributed by atoms with Crippen molar-refractivity contribution < 1.29 is 0 Å². The number of aromatic nitrogens is 3. The van der Waals surface area contributed by atoms with E-state index in [0.29, 0.717) is 0 Å². The lowest BCUT2D eigenvalue weighted by molar-refractivity contribution is 0.461. The summed E-state index contributed by atoms with van der Waals surface area (Å²) < 4.78 is 2.19. The van der Waals surface area contributed by atoms with Crippen LogP contribution in [0.15, 0.2) is 18.5 Å². The zero-order valence-corrected chi connectivity index (χ0v) is 7.85. The van der Waals surface area contributed by atoms with Gasteiger partial charge in [-0.3, -0.25) is 4.98 Å². The Hall–Kier alpha value is -1.42. The minimum Gasteiger partial charge on any atom is -0.326 e. The first kappa shape index (κ1) is 7.94. The van der Waals surface area contributed by atoms with Crippen LogP contribution in [0.3, 0.4) is 0 Å². The molecule has 0 bridgehead atoms. The molecule has 0 aromatic carbocycles. The van der Waals surface area contributed by atoms with Crippen molar-refractivity contribution in [3.8, 4) is 0 Å². The standard InChI is InChI=1S/C10H12N4/c11-7-1-2-10-13-8-3-4-12-5-9(8)14(10)6-7/h3-5,7H,1-2,6,11H2/t7-/m1/s1. The van der Waals surface area contributed by atoms with Gasteiger partial charge >= 0.3 is 0 Å². The van der Waals surface area contributed by atoms with Gasteiger partial charge in [-0.1, -0.05) is 0 Å². The molecule has 2 aromatic rings. The van der Waals surface area contributed by atoms with Crippen molar-refractivity contribution in [1.82, 2.24) is 14.5 Å². The van der Waals surface area contributed by atoms with Gasteiger partial charge in [0.15, 0.2) is 0 Å². The van der Waals surface area contributed by atoms with Crippen molar-refractivity contribution >= 4 is 11.0 Å². The smallest absolute Gasteiger partial charge is 0.110 e. The van der Waals surface area contributed by atoms with Gasteiger partial charge in [-0.15, -0.1) is 0 Å². The minimum atomic E-state index is 0.264. The van der Waals surface area contributed by atoms with Crippen LogP contribution in [0.1, 0.15) is 12.2 Å². The molecule has 1 aliphatic rings. The van der Waals surface area contributed by atoms with Crippen LogP contribution in [0.5, 0.6) is 0 Å². The molecule has 0 saturated carbocycles. The van der Waals surface area contributed by atoms with E-state index in [4.69, 9.17) is 5.73 Å². The van der Waals surface area contributed by atoms with Crippen LogP contribution in [-0.2, 0) is 13.0 Å². The Labute approximate surface area is 81.8 Å². The van der Waals surface area contributed by atoms with Crippen LogP contribution in [0.2, 0.25) is 0 Å². The molecule has 0 aliphatic carbocycles. The average Bonchev–Trinajstić information content (AvgIpc) is 2.56. The second-order valence-corrected chi connectivity index (χ2v) is 3.80. The number of nitrogens with two attached hydrogens (primary N) is 1. The van der Waals surface area contributed by atoms with Crippen molar-refractivity contribution in [3.63, 3.8) is 0 Å². The predicted molar refractivity (Wildman–Crippen MR) is 53.8 cm³/mol. The predicted octanol–water partition coefficient (Wildman–Crippen LogP) is 0.705. The Morgan fingerprint density at radius 3 is 3.36 bits per heavy atom. The van der Waals surface area contributed by atoms with Crippen molar-refractivity contribution in [2.24, 2.45) is 5.73 Å². The van der Waals surface area contributed by atoms with Gasteiger partial charge in [0.05, 0.1) is 17.2 Å². The fourth-order valence-corrected chi connectivity index (χ4v) is 2.05. The van der Waals surface area contributed by atoms with Gasteiger partial charge in [-0.25, -0.2) is 4.98 Å². The maximum atomic E-state index is 5.93. The van der Waals surface area contributed by atoms with Crippen LogP contribution in [0, 0.1) is 0 Å². The molecule has 0 saturated heterocycles. The zero-order chi connectivity index (χ0) is 9.54. The SMILES string of the molecule is N[C@@H]1CCc2nc3ccncc3n2C1. The molecular weight excluding hydrogens is 176 g/mol. The van der Waals surface area contributed by atoms with Gasteiger partial charge in [-0.2, -0.15) is 0 Å². The summed E-state index contributed by atoms with van der Waals surface area (Å²) in [6.07, 6.45) is 5.66. The van der Waals surface area contributed by atoms with Crippen molar-refractivity contribution in [2.75, 3.05) is 0 Å². The number of nitrogens with zero attached hydrogens (tertiary/aromatic N) is 3. The van der Waals surface area contributed by atoms with Crippen molar-refractivity contribution in [3.05, 3.63) is 24.3 Å². The maximum absolute atomic E-state index is 5.93. The summed E-state index contributed by atoms with van der Waals surface area (Å²) in [5.74, 6) is 1.15. The van der Waals surface area contributed by atoms with Crippen molar-refractivity contribution in [1.29, 1.82) is 0 Å². The highest BCUT2D eigenvalue weighted by molar-refractivity contribution is 5.74. The topological polar surface area (TPSA) is 56.7 Å². The highest BCUT2D eigenvalue weighted by Gasteiger charge is 2.18. The number of hydrogen-bond donors (Lipinski definition) is 1. The van der Waals surface area contributed by atoms with Crippen LogP contribution >= 0.6 is 0 Å². The van der Waals surface area contributed by atoms with Gasteiger partial charge in [0.2, 0.25) is 0 Å². The quantitative estimate of drug-likeness (QED) is 0.662. The van der Waals surface area contributed by atoms with Crippen LogP contribution in [-0.4, -0.2) is 20.6 Å². The number of rotatable bonds is 0. The summed E-state index contributed by atoms with van der Waals surface area (Å²) in [6.45, 7) is 0.873. The van der Waals surface area contributed by atoms with Gasteiger partial charge < -0.3 is 10.3 Å². The molecule has 0 spiro atoms. The third-order valence-electron chi connectivity index (χ3n) is 2.79. The molecule has 2 N–H and O–H groups in total. The summed E-state index contributed by atoms with van der Waals surface area (Å²) in [5, 5.41) is 0. The van der Waals surface area contributed by atoms with E-state index in [9.17, 15) is 0 Å². The molecule has 4 heteroatoms. The van der Waals surface area contributed by atoms with E-state index in [1.54, 1.807) is 6.20 Å². The molecule has 3 rings (SSSR count). The molecule has 0 fully saturated rings. The van der Waals surface area contributed by atoms with E-state index in [1.807, 2.05) is 12.3 Å². The summed E-state index contributed by atoms with van der Waals surface area (Å²) in [4.78, 5) is 8.67. The first-order chi connectivity index (χ1) is 6.84. The van der Waals surface area contributed by atoms with Gasteiger partial charge in [0.1, 0.15) is 5.82 Å². The molecule has 72 valence electrons. The van der Waals surface area contributed by atoms with E-state index in [0.717, 1.165) is 36.2 Å². The minimum absolute atomic E-state index is 0.264. The van der Waals surface area contributed by atoms with Crippen molar-refractivity contribution in [2.45, 2.75) is 25.4 Å². The monoisotopic (exact) mass is 188 g/mol.